The second kappa shape index (κ2) is 5.58. The highest BCUT2D eigenvalue weighted by molar-refractivity contribution is 5.85. The second-order valence-corrected chi connectivity index (χ2v) is 4.83. The van der Waals surface area contributed by atoms with Gasteiger partial charge in [-0.3, -0.25) is 4.79 Å². The number of alkyl halides is 5. The van der Waals surface area contributed by atoms with Crippen LogP contribution in [0.15, 0.2) is 24.3 Å². The van der Waals surface area contributed by atoms with E-state index in [1.807, 2.05) is 0 Å². The van der Waals surface area contributed by atoms with Crippen molar-refractivity contribution in [2.75, 3.05) is 6.54 Å². The molecular weight excluding hydrogens is 307 g/mol. The number of benzene rings is 1. The van der Waals surface area contributed by atoms with Crippen LogP contribution in [0.3, 0.4) is 0 Å². The summed E-state index contributed by atoms with van der Waals surface area (Å²) in [4.78, 5) is 13.0. The Labute approximate surface area is 122 Å². The predicted molar refractivity (Wildman–Crippen MR) is 70.6 cm³/mol. The molecular formula is C14H13F5N2O. The van der Waals surface area contributed by atoms with Gasteiger partial charge in [-0.25, -0.2) is 0 Å². The van der Waals surface area contributed by atoms with E-state index in [1.54, 1.807) is 6.07 Å². The van der Waals surface area contributed by atoms with Crippen LogP contribution < -0.4 is 5.32 Å². The third-order valence-electron chi connectivity index (χ3n) is 3.23. The van der Waals surface area contributed by atoms with E-state index in [4.69, 9.17) is 0 Å². The molecule has 1 heterocycles. The van der Waals surface area contributed by atoms with Gasteiger partial charge in [0.15, 0.2) is 0 Å². The molecule has 0 atom stereocenters. The zero-order chi connectivity index (χ0) is 16.5. The van der Waals surface area contributed by atoms with Gasteiger partial charge in [0.2, 0.25) is 5.91 Å². The second-order valence-electron chi connectivity index (χ2n) is 4.83. The maximum atomic E-state index is 13.7. The van der Waals surface area contributed by atoms with Gasteiger partial charge in [-0.05, 0) is 18.1 Å². The number of carbonyl (C=O) groups excluding carboxylic acids is 1. The van der Waals surface area contributed by atoms with E-state index >= 15 is 0 Å². The van der Waals surface area contributed by atoms with Crippen molar-refractivity contribution in [2.24, 2.45) is 0 Å². The number of hydrogen-bond donors (Lipinski definition) is 2. The van der Waals surface area contributed by atoms with Gasteiger partial charge in [-0.15, -0.1) is 0 Å². The van der Waals surface area contributed by atoms with Crippen molar-refractivity contribution in [3.05, 3.63) is 35.5 Å². The normalized spacial score (nSPS) is 12.6. The van der Waals surface area contributed by atoms with E-state index in [0.29, 0.717) is 0 Å². The first-order chi connectivity index (χ1) is 10.1. The highest BCUT2D eigenvalue weighted by Crippen LogP contribution is 2.46. The van der Waals surface area contributed by atoms with Crippen LogP contribution in [0.25, 0.3) is 10.9 Å². The van der Waals surface area contributed by atoms with E-state index in [0.717, 1.165) is 0 Å². The van der Waals surface area contributed by atoms with E-state index in [-0.39, 0.29) is 35.3 Å². The molecule has 22 heavy (non-hydrogen) atoms. The molecule has 8 heteroatoms. The van der Waals surface area contributed by atoms with Gasteiger partial charge in [-0.2, -0.15) is 22.0 Å². The van der Waals surface area contributed by atoms with Crippen LogP contribution >= 0.6 is 0 Å². The molecule has 0 saturated carbocycles. The number of H-pyrrole nitrogens is 1. The van der Waals surface area contributed by atoms with Crippen molar-refractivity contribution in [3.8, 4) is 0 Å². The summed E-state index contributed by atoms with van der Waals surface area (Å²) < 4.78 is 65.3. The quantitative estimate of drug-likeness (QED) is 0.832. The summed E-state index contributed by atoms with van der Waals surface area (Å²) in [5.41, 5.74) is -1.13. The summed E-state index contributed by atoms with van der Waals surface area (Å²) in [5, 5.41) is 2.67. The number of carbonyl (C=O) groups is 1. The van der Waals surface area contributed by atoms with Crippen molar-refractivity contribution in [1.29, 1.82) is 0 Å². The minimum Gasteiger partial charge on any atom is -0.356 e. The van der Waals surface area contributed by atoms with Gasteiger partial charge in [0.05, 0.1) is 5.69 Å². The van der Waals surface area contributed by atoms with Crippen molar-refractivity contribution in [1.82, 2.24) is 10.3 Å². The van der Waals surface area contributed by atoms with E-state index in [2.05, 4.69) is 10.3 Å². The van der Waals surface area contributed by atoms with Crippen LogP contribution in [0.1, 0.15) is 18.2 Å². The molecule has 3 nitrogen and oxygen atoms in total. The lowest BCUT2D eigenvalue weighted by Crippen LogP contribution is -2.35. The molecule has 0 bridgehead atoms. The summed E-state index contributed by atoms with van der Waals surface area (Å²) in [7, 11) is 0. The summed E-state index contributed by atoms with van der Waals surface area (Å²) in [5.74, 6) is -5.37. The van der Waals surface area contributed by atoms with Crippen LogP contribution in [-0.4, -0.2) is 23.6 Å². The SMILES string of the molecule is CC(=O)NCCc1c(C(F)(F)C(F)(F)F)[nH]c2ccccc12. The average molecular weight is 320 g/mol. The van der Waals surface area contributed by atoms with Crippen molar-refractivity contribution >= 4 is 16.8 Å². The highest BCUT2D eigenvalue weighted by Gasteiger charge is 2.60. The zero-order valence-electron chi connectivity index (χ0n) is 11.5. The van der Waals surface area contributed by atoms with Gasteiger partial charge in [0, 0.05) is 24.4 Å². The summed E-state index contributed by atoms with van der Waals surface area (Å²) in [6, 6.07) is 5.97. The molecule has 0 aliphatic heterocycles. The predicted octanol–water partition coefficient (Wildman–Crippen LogP) is 3.50. The van der Waals surface area contributed by atoms with Crippen molar-refractivity contribution in [2.45, 2.75) is 25.4 Å². The van der Waals surface area contributed by atoms with E-state index in [1.165, 1.54) is 25.1 Å². The minimum atomic E-state index is -5.70. The molecule has 0 fully saturated rings. The van der Waals surface area contributed by atoms with Crippen LogP contribution in [0.4, 0.5) is 22.0 Å². The molecule has 0 radical (unpaired) electrons. The fourth-order valence-corrected chi connectivity index (χ4v) is 2.23. The average Bonchev–Trinajstić information content (AvgIpc) is 2.77. The van der Waals surface area contributed by atoms with Gasteiger partial charge in [0.25, 0.3) is 0 Å². The Balaban J connectivity index is 2.51. The number of halogens is 5. The number of amides is 1. The fourth-order valence-electron chi connectivity index (χ4n) is 2.23. The topological polar surface area (TPSA) is 44.9 Å². The Kier molecular flexibility index (Phi) is 4.12. The maximum Gasteiger partial charge on any atom is 0.459 e. The van der Waals surface area contributed by atoms with E-state index in [9.17, 15) is 26.7 Å². The molecule has 0 aliphatic rings. The fraction of sp³-hybridized carbons (Fsp3) is 0.357. The standard InChI is InChI=1S/C14H13F5N2O/c1-8(22)20-7-6-10-9-4-2-3-5-11(9)21-12(10)13(15,16)14(17,18)19/h2-5,21H,6-7H2,1H3,(H,20,22). The Morgan fingerprint density at radius 2 is 1.82 bits per heavy atom. The maximum absolute atomic E-state index is 13.7. The third kappa shape index (κ3) is 2.90. The molecule has 1 aromatic heterocycles. The van der Waals surface area contributed by atoms with Crippen LogP contribution in [0.2, 0.25) is 0 Å². The largest absolute Gasteiger partial charge is 0.459 e. The first-order valence-electron chi connectivity index (χ1n) is 6.43. The van der Waals surface area contributed by atoms with Gasteiger partial charge < -0.3 is 10.3 Å². The molecule has 1 amide bonds. The van der Waals surface area contributed by atoms with Crippen molar-refractivity contribution in [3.63, 3.8) is 0 Å². The molecule has 0 aliphatic carbocycles. The Hall–Kier alpha value is -2.12. The summed E-state index contributed by atoms with van der Waals surface area (Å²) >= 11 is 0. The Morgan fingerprint density at radius 3 is 2.41 bits per heavy atom. The van der Waals surface area contributed by atoms with Crippen molar-refractivity contribution < 1.29 is 26.7 Å². The lowest BCUT2D eigenvalue weighted by Gasteiger charge is -2.20. The molecule has 1 aromatic carbocycles. The van der Waals surface area contributed by atoms with E-state index < -0.39 is 17.8 Å². The Bertz CT molecular complexity index is 690. The number of nitrogens with one attached hydrogen (secondary N) is 2. The molecule has 120 valence electrons. The van der Waals surface area contributed by atoms with Gasteiger partial charge >= 0.3 is 12.1 Å². The monoisotopic (exact) mass is 320 g/mol. The molecule has 0 spiro atoms. The summed E-state index contributed by atoms with van der Waals surface area (Å²) in [6.45, 7) is 1.21. The van der Waals surface area contributed by atoms with Crippen LogP contribution in [-0.2, 0) is 17.1 Å². The molecule has 2 aromatic rings. The van der Waals surface area contributed by atoms with Crippen LogP contribution in [0.5, 0.6) is 0 Å². The summed E-state index contributed by atoms with van der Waals surface area (Å²) in [6.07, 6.45) is -5.83. The number of aromatic amines is 1. The number of para-hydroxylation sites is 1. The number of aromatic nitrogens is 1. The smallest absolute Gasteiger partial charge is 0.356 e. The first-order valence-corrected chi connectivity index (χ1v) is 6.43. The van der Waals surface area contributed by atoms with Gasteiger partial charge in [0.1, 0.15) is 0 Å². The minimum absolute atomic E-state index is 0.0296. The number of fused-ring (bicyclic) bond motifs is 1. The first kappa shape index (κ1) is 16.3. The van der Waals surface area contributed by atoms with Crippen LogP contribution in [0, 0.1) is 0 Å². The third-order valence-corrected chi connectivity index (χ3v) is 3.23. The highest BCUT2D eigenvalue weighted by atomic mass is 19.4. The lowest BCUT2D eigenvalue weighted by atomic mass is 10.0. The zero-order valence-corrected chi connectivity index (χ0v) is 11.5. The Morgan fingerprint density at radius 1 is 1.18 bits per heavy atom. The number of hydrogen-bond acceptors (Lipinski definition) is 1. The molecule has 2 N–H and O–H groups in total. The number of rotatable bonds is 4. The molecule has 2 rings (SSSR count). The lowest BCUT2D eigenvalue weighted by molar-refractivity contribution is -0.291. The van der Waals surface area contributed by atoms with Gasteiger partial charge in [-0.1, -0.05) is 18.2 Å². The molecule has 0 saturated heterocycles. The molecule has 0 unspecified atom stereocenters.